The number of amides is 1. The average molecular weight is 276 g/mol. The molecule has 2 rings (SSSR count). The Morgan fingerprint density at radius 1 is 1.30 bits per heavy atom. The standard InChI is InChI=1S/C16H24N2O2/c17-14(9-8-13-6-2-1-3-7-13)15(19)18-12-16(20)10-4-5-11-16/h1-3,6-7,14,20H,4-5,8-12,17H2,(H,18,19). The van der Waals surface area contributed by atoms with E-state index < -0.39 is 11.6 Å². The Balaban J connectivity index is 1.72. The Morgan fingerprint density at radius 2 is 1.95 bits per heavy atom. The monoisotopic (exact) mass is 276 g/mol. The molecule has 4 heteroatoms. The third-order valence-electron chi connectivity index (χ3n) is 4.05. The average Bonchev–Trinajstić information content (AvgIpc) is 2.90. The second kappa shape index (κ2) is 6.86. The summed E-state index contributed by atoms with van der Waals surface area (Å²) < 4.78 is 0. The summed E-state index contributed by atoms with van der Waals surface area (Å²) >= 11 is 0. The van der Waals surface area contributed by atoms with Gasteiger partial charge in [0.25, 0.3) is 0 Å². The van der Waals surface area contributed by atoms with Gasteiger partial charge in [-0.1, -0.05) is 43.2 Å². The van der Waals surface area contributed by atoms with Crippen molar-refractivity contribution >= 4 is 5.91 Å². The second-order valence-corrected chi connectivity index (χ2v) is 5.78. The number of nitrogens with one attached hydrogen (secondary N) is 1. The first-order valence-electron chi connectivity index (χ1n) is 7.39. The van der Waals surface area contributed by atoms with Gasteiger partial charge in [0.15, 0.2) is 0 Å². The quantitative estimate of drug-likeness (QED) is 0.734. The van der Waals surface area contributed by atoms with E-state index in [-0.39, 0.29) is 5.91 Å². The third kappa shape index (κ3) is 4.32. The SMILES string of the molecule is NC(CCc1ccccc1)C(=O)NCC1(O)CCCC1. The highest BCUT2D eigenvalue weighted by molar-refractivity contribution is 5.81. The lowest BCUT2D eigenvalue weighted by molar-refractivity contribution is -0.123. The molecule has 0 heterocycles. The summed E-state index contributed by atoms with van der Waals surface area (Å²) in [5.41, 5.74) is 6.37. The zero-order valence-electron chi connectivity index (χ0n) is 11.8. The van der Waals surface area contributed by atoms with Crippen LogP contribution in [-0.4, -0.2) is 29.2 Å². The number of carbonyl (C=O) groups is 1. The van der Waals surface area contributed by atoms with Gasteiger partial charge in [-0.3, -0.25) is 4.79 Å². The molecule has 1 fully saturated rings. The first-order valence-corrected chi connectivity index (χ1v) is 7.39. The molecule has 0 bridgehead atoms. The molecule has 1 amide bonds. The highest BCUT2D eigenvalue weighted by atomic mass is 16.3. The summed E-state index contributed by atoms with van der Waals surface area (Å²) in [6.07, 6.45) is 5.02. The molecular formula is C16H24N2O2. The van der Waals surface area contributed by atoms with E-state index in [1.807, 2.05) is 30.3 Å². The van der Waals surface area contributed by atoms with Crippen molar-refractivity contribution in [2.45, 2.75) is 50.2 Å². The molecule has 110 valence electrons. The Hall–Kier alpha value is -1.39. The minimum atomic E-state index is -0.713. The number of aliphatic hydroxyl groups is 1. The molecule has 0 aliphatic heterocycles. The molecule has 20 heavy (non-hydrogen) atoms. The lowest BCUT2D eigenvalue weighted by atomic mass is 10.0. The topological polar surface area (TPSA) is 75.4 Å². The molecule has 1 unspecified atom stereocenters. The van der Waals surface area contributed by atoms with Gasteiger partial charge in [-0.25, -0.2) is 0 Å². The van der Waals surface area contributed by atoms with Crippen molar-refractivity contribution in [3.05, 3.63) is 35.9 Å². The van der Waals surface area contributed by atoms with Gasteiger partial charge in [0, 0.05) is 6.54 Å². The van der Waals surface area contributed by atoms with E-state index in [2.05, 4.69) is 5.32 Å². The van der Waals surface area contributed by atoms with Gasteiger partial charge in [0.1, 0.15) is 0 Å². The molecular weight excluding hydrogens is 252 g/mol. The molecule has 0 aromatic heterocycles. The number of hydrogen-bond donors (Lipinski definition) is 3. The van der Waals surface area contributed by atoms with Crippen molar-refractivity contribution in [3.63, 3.8) is 0 Å². The van der Waals surface area contributed by atoms with Crippen LogP contribution in [0, 0.1) is 0 Å². The van der Waals surface area contributed by atoms with Crippen LogP contribution >= 0.6 is 0 Å². The second-order valence-electron chi connectivity index (χ2n) is 5.78. The normalized spacial score (nSPS) is 18.7. The van der Waals surface area contributed by atoms with Crippen molar-refractivity contribution in [2.75, 3.05) is 6.54 Å². The predicted octanol–water partition coefficient (Wildman–Crippen LogP) is 1.37. The summed E-state index contributed by atoms with van der Waals surface area (Å²) in [6.45, 7) is 0.324. The molecule has 1 atom stereocenters. The van der Waals surface area contributed by atoms with Gasteiger partial charge in [0.05, 0.1) is 11.6 Å². The molecule has 1 saturated carbocycles. The smallest absolute Gasteiger partial charge is 0.237 e. The van der Waals surface area contributed by atoms with Gasteiger partial charge < -0.3 is 16.2 Å². The Kier molecular flexibility index (Phi) is 5.15. The number of hydrogen-bond acceptors (Lipinski definition) is 3. The number of aryl methyl sites for hydroxylation is 1. The van der Waals surface area contributed by atoms with Gasteiger partial charge in [-0.15, -0.1) is 0 Å². The molecule has 1 aromatic rings. The zero-order valence-corrected chi connectivity index (χ0v) is 11.8. The summed E-state index contributed by atoms with van der Waals surface area (Å²) in [4.78, 5) is 11.9. The number of carbonyl (C=O) groups excluding carboxylic acids is 1. The summed E-state index contributed by atoms with van der Waals surface area (Å²) in [7, 11) is 0. The molecule has 4 nitrogen and oxygen atoms in total. The van der Waals surface area contributed by atoms with Crippen LogP contribution in [0.25, 0.3) is 0 Å². The zero-order chi connectivity index (χ0) is 14.4. The Morgan fingerprint density at radius 3 is 2.60 bits per heavy atom. The molecule has 0 saturated heterocycles. The van der Waals surface area contributed by atoms with Crippen molar-refractivity contribution < 1.29 is 9.90 Å². The minimum Gasteiger partial charge on any atom is -0.388 e. The maximum absolute atomic E-state index is 11.9. The van der Waals surface area contributed by atoms with Gasteiger partial charge in [-0.2, -0.15) is 0 Å². The van der Waals surface area contributed by atoms with E-state index in [0.717, 1.165) is 32.1 Å². The fourth-order valence-corrected chi connectivity index (χ4v) is 2.69. The van der Waals surface area contributed by atoms with Crippen LogP contribution in [0.2, 0.25) is 0 Å². The lowest BCUT2D eigenvalue weighted by Crippen LogP contribution is -2.47. The van der Waals surface area contributed by atoms with Crippen LogP contribution in [0.3, 0.4) is 0 Å². The first kappa shape index (κ1) is 15.0. The summed E-state index contributed by atoms with van der Waals surface area (Å²) in [5, 5.41) is 13.0. The van der Waals surface area contributed by atoms with Crippen LogP contribution < -0.4 is 11.1 Å². The summed E-state index contributed by atoms with van der Waals surface area (Å²) in [5.74, 6) is -0.166. The number of rotatable bonds is 6. The van der Waals surface area contributed by atoms with Gasteiger partial charge >= 0.3 is 0 Å². The molecule has 4 N–H and O–H groups in total. The van der Waals surface area contributed by atoms with E-state index in [0.29, 0.717) is 13.0 Å². The maximum atomic E-state index is 11.9. The Labute approximate surface area is 120 Å². The lowest BCUT2D eigenvalue weighted by Gasteiger charge is -2.23. The third-order valence-corrected chi connectivity index (χ3v) is 4.05. The van der Waals surface area contributed by atoms with Crippen molar-refractivity contribution in [2.24, 2.45) is 5.73 Å². The number of nitrogens with two attached hydrogens (primary N) is 1. The fraction of sp³-hybridized carbons (Fsp3) is 0.562. The highest BCUT2D eigenvalue weighted by Gasteiger charge is 2.31. The van der Waals surface area contributed by atoms with Crippen molar-refractivity contribution in [1.82, 2.24) is 5.32 Å². The van der Waals surface area contributed by atoms with Crippen LogP contribution in [-0.2, 0) is 11.2 Å². The molecule has 1 aliphatic carbocycles. The number of benzene rings is 1. The molecule has 0 spiro atoms. The minimum absolute atomic E-state index is 0.166. The predicted molar refractivity (Wildman–Crippen MR) is 79.2 cm³/mol. The molecule has 1 aliphatic rings. The van der Waals surface area contributed by atoms with E-state index in [1.54, 1.807) is 0 Å². The van der Waals surface area contributed by atoms with Crippen LogP contribution in [0.4, 0.5) is 0 Å². The van der Waals surface area contributed by atoms with Crippen molar-refractivity contribution in [1.29, 1.82) is 0 Å². The first-order chi connectivity index (χ1) is 9.59. The van der Waals surface area contributed by atoms with E-state index >= 15 is 0 Å². The van der Waals surface area contributed by atoms with E-state index in [4.69, 9.17) is 5.73 Å². The Bertz CT molecular complexity index is 427. The van der Waals surface area contributed by atoms with Crippen LogP contribution in [0.15, 0.2) is 30.3 Å². The van der Waals surface area contributed by atoms with Crippen molar-refractivity contribution in [3.8, 4) is 0 Å². The van der Waals surface area contributed by atoms with Gasteiger partial charge in [0.2, 0.25) is 5.91 Å². The van der Waals surface area contributed by atoms with Crippen LogP contribution in [0.1, 0.15) is 37.7 Å². The highest BCUT2D eigenvalue weighted by Crippen LogP contribution is 2.28. The van der Waals surface area contributed by atoms with Crippen LogP contribution in [0.5, 0.6) is 0 Å². The summed E-state index contributed by atoms with van der Waals surface area (Å²) in [6, 6.07) is 9.49. The largest absolute Gasteiger partial charge is 0.388 e. The maximum Gasteiger partial charge on any atom is 0.237 e. The van der Waals surface area contributed by atoms with E-state index in [1.165, 1.54) is 5.56 Å². The van der Waals surface area contributed by atoms with E-state index in [9.17, 15) is 9.90 Å². The molecule has 1 aromatic carbocycles. The molecule has 0 radical (unpaired) electrons. The fourth-order valence-electron chi connectivity index (χ4n) is 2.69. The van der Waals surface area contributed by atoms with Gasteiger partial charge in [-0.05, 0) is 31.2 Å².